The number of rotatable bonds is 0. The van der Waals surface area contributed by atoms with E-state index in [0.717, 1.165) is 0 Å². The number of anilines is 1. The zero-order chi connectivity index (χ0) is 11.2. The molecular weight excluding hydrogens is 212 g/mol. The molecule has 0 unspecified atom stereocenters. The van der Waals surface area contributed by atoms with Crippen LogP contribution in [0.25, 0.3) is 11.1 Å². The average Bonchev–Trinajstić information content (AvgIpc) is 2.46. The normalized spacial score (nSPS) is 12.3. The molecule has 3 nitrogen and oxygen atoms in total. The Labute approximate surface area is 93.2 Å². The molecule has 15 heavy (non-hydrogen) atoms. The summed E-state index contributed by atoms with van der Waals surface area (Å²) in [4.78, 5) is 4.37. The minimum atomic E-state index is -0.127. The van der Waals surface area contributed by atoms with Gasteiger partial charge >= 0.3 is 0 Å². The molecule has 1 aromatic carbocycles. The Morgan fingerprint density at radius 2 is 2.00 bits per heavy atom. The lowest BCUT2D eigenvalue weighted by Gasteiger charge is -2.11. The van der Waals surface area contributed by atoms with E-state index >= 15 is 0 Å². The van der Waals surface area contributed by atoms with E-state index in [4.69, 9.17) is 21.8 Å². The van der Waals surface area contributed by atoms with Crippen LogP contribution in [0, 0.1) is 0 Å². The van der Waals surface area contributed by atoms with Crippen LogP contribution in [0.1, 0.15) is 26.7 Å². The molecule has 0 aliphatic rings. The van der Waals surface area contributed by atoms with Gasteiger partial charge in [-0.1, -0.05) is 32.4 Å². The Bertz CT molecular complexity index is 511. The van der Waals surface area contributed by atoms with Crippen molar-refractivity contribution >= 4 is 28.4 Å². The van der Waals surface area contributed by atoms with Crippen molar-refractivity contribution in [1.29, 1.82) is 0 Å². The Morgan fingerprint density at radius 3 is 2.60 bits per heavy atom. The number of halogens is 1. The summed E-state index contributed by atoms with van der Waals surface area (Å²) >= 11 is 5.89. The fraction of sp³-hybridized carbons (Fsp3) is 0.364. The topological polar surface area (TPSA) is 52.0 Å². The second kappa shape index (κ2) is 3.14. The highest BCUT2D eigenvalue weighted by Gasteiger charge is 2.21. The van der Waals surface area contributed by atoms with Crippen molar-refractivity contribution in [3.8, 4) is 0 Å². The van der Waals surface area contributed by atoms with E-state index in [0.29, 0.717) is 27.7 Å². The van der Waals surface area contributed by atoms with Gasteiger partial charge in [-0.3, -0.25) is 0 Å². The summed E-state index contributed by atoms with van der Waals surface area (Å²) in [5, 5.41) is 0.578. The number of hydrogen-bond donors (Lipinski definition) is 1. The van der Waals surface area contributed by atoms with Crippen LogP contribution < -0.4 is 5.73 Å². The third kappa shape index (κ3) is 1.79. The van der Waals surface area contributed by atoms with Crippen LogP contribution in [0.15, 0.2) is 16.5 Å². The Hall–Kier alpha value is -1.22. The number of hydrogen-bond acceptors (Lipinski definition) is 3. The molecule has 0 aliphatic carbocycles. The van der Waals surface area contributed by atoms with Gasteiger partial charge in [-0.15, -0.1) is 0 Å². The third-order valence-electron chi connectivity index (χ3n) is 2.13. The number of aromatic nitrogens is 1. The molecule has 1 heterocycles. The largest absolute Gasteiger partial charge is 0.438 e. The first-order valence-electron chi connectivity index (χ1n) is 4.74. The van der Waals surface area contributed by atoms with E-state index in [2.05, 4.69) is 4.98 Å². The van der Waals surface area contributed by atoms with Crippen LogP contribution in [0.2, 0.25) is 5.02 Å². The third-order valence-corrected chi connectivity index (χ3v) is 2.34. The maximum Gasteiger partial charge on any atom is 0.200 e. The van der Waals surface area contributed by atoms with Gasteiger partial charge < -0.3 is 10.2 Å². The summed E-state index contributed by atoms with van der Waals surface area (Å²) < 4.78 is 5.62. The summed E-state index contributed by atoms with van der Waals surface area (Å²) in [6.07, 6.45) is 0. The van der Waals surface area contributed by atoms with E-state index in [-0.39, 0.29) is 5.41 Å². The number of benzene rings is 1. The van der Waals surface area contributed by atoms with Gasteiger partial charge in [-0.25, -0.2) is 4.98 Å². The fourth-order valence-electron chi connectivity index (χ4n) is 1.34. The zero-order valence-electron chi connectivity index (χ0n) is 8.97. The van der Waals surface area contributed by atoms with Gasteiger partial charge in [0.2, 0.25) is 5.89 Å². The average molecular weight is 225 g/mol. The van der Waals surface area contributed by atoms with E-state index < -0.39 is 0 Å². The smallest absolute Gasteiger partial charge is 0.200 e. The van der Waals surface area contributed by atoms with Crippen molar-refractivity contribution in [1.82, 2.24) is 4.98 Å². The summed E-state index contributed by atoms with van der Waals surface area (Å²) in [7, 11) is 0. The van der Waals surface area contributed by atoms with Gasteiger partial charge in [0.15, 0.2) is 5.58 Å². The van der Waals surface area contributed by atoms with Gasteiger partial charge in [0, 0.05) is 10.4 Å². The molecule has 2 aromatic rings. The second-order valence-corrected chi connectivity index (χ2v) is 5.05. The van der Waals surface area contributed by atoms with Crippen LogP contribution >= 0.6 is 11.6 Å². The number of oxazole rings is 1. The molecule has 0 atom stereocenters. The summed E-state index contributed by atoms with van der Waals surface area (Å²) in [5.74, 6) is 0.673. The highest BCUT2D eigenvalue weighted by atomic mass is 35.5. The van der Waals surface area contributed by atoms with E-state index in [1.165, 1.54) is 0 Å². The minimum absolute atomic E-state index is 0.127. The van der Waals surface area contributed by atoms with Crippen molar-refractivity contribution in [3.63, 3.8) is 0 Å². The maximum absolute atomic E-state index is 5.89. The predicted octanol–water partition coefficient (Wildman–Crippen LogP) is 3.36. The quantitative estimate of drug-likeness (QED) is 0.698. The van der Waals surface area contributed by atoms with Crippen molar-refractivity contribution in [2.75, 3.05) is 5.73 Å². The first-order chi connectivity index (χ1) is 6.88. The van der Waals surface area contributed by atoms with Crippen molar-refractivity contribution < 1.29 is 4.42 Å². The van der Waals surface area contributed by atoms with Gasteiger partial charge in [-0.2, -0.15) is 0 Å². The molecule has 0 amide bonds. The van der Waals surface area contributed by atoms with E-state index in [1.54, 1.807) is 12.1 Å². The molecule has 0 saturated carbocycles. The van der Waals surface area contributed by atoms with E-state index in [1.807, 2.05) is 20.8 Å². The molecule has 0 radical (unpaired) electrons. The number of fused-ring (bicyclic) bond motifs is 1. The molecule has 2 rings (SSSR count). The summed E-state index contributed by atoms with van der Waals surface area (Å²) in [6.45, 7) is 6.11. The molecule has 2 N–H and O–H groups in total. The Morgan fingerprint density at radius 1 is 1.33 bits per heavy atom. The summed E-state index contributed by atoms with van der Waals surface area (Å²) in [6, 6.07) is 3.42. The highest BCUT2D eigenvalue weighted by molar-refractivity contribution is 6.31. The molecule has 0 spiro atoms. The summed E-state index contributed by atoms with van der Waals surface area (Å²) in [5.41, 5.74) is 7.52. The Kier molecular flexibility index (Phi) is 2.15. The first kappa shape index (κ1) is 10.3. The van der Waals surface area contributed by atoms with E-state index in [9.17, 15) is 0 Å². The van der Waals surface area contributed by atoms with Gasteiger partial charge in [0.05, 0.1) is 5.69 Å². The van der Waals surface area contributed by atoms with Gasteiger partial charge in [0.1, 0.15) is 5.52 Å². The van der Waals surface area contributed by atoms with Crippen LogP contribution in [0.3, 0.4) is 0 Å². The number of nitrogen functional groups attached to an aromatic ring is 1. The molecular formula is C11H13ClN2O. The molecule has 0 saturated heterocycles. The molecule has 80 valence electrons. The molecule has 1 aromatic heterocycles. The SMILES string of the molecule is CC(C)(C)c1nc2cc(Cl)cc(N)c2o1. The number of nitrogens with two attached hydrogens (primary N) is 1. The first-order valence-corrected chi connectivity index (χ1v) is 5.12. The Balaban J connectivity index is 2.71. The van der Waals surface area contributed by atoms with Gasteiger partial charge in [-0.05, 0) is 12.1 Å². The molecule has 0 fully saturated rings. The van der Waals surface area contributed by atoms with Crippen molar-refractivity contribution in [2.24, 2.45) is 0 Å². The van der Waals surface area contributed by atoms with Crippen molar-refractivity contribution in [2.45, 2.75) is 26.2 Å². The predicted molar refractivity (Wildman–Crippen MR) is 62.1 cm³/mol. The van der Waals surface area contributed by atoms with Crippen molar-refractivity contribution in [3.05, 3.63) is 23.0 Å². The molecule has 4 heteroatoms. The van der Waals surface area contributed by atoms with Gasteiger partial charge in [0.25, 0.3) is 0 Å². The molecule has 0 bridgehead atoms. The van der Waals surface area contributed by atoms with Crippen LogP contribution in [0.5, 0.6) is 0 Å². The zero-order valence-corrected chi connectivity index (χ0v) is 9.72. The standard InChI is InChI=1S/C11H13ClN2O/c1-11(2,3)10-14-8-5-6(12)4-7(13)9(8)15-10/h4-5H,13H2,1-3H3. The van der Waals surface area contributed by atoms with Crippen LogP contribution in [-0.2, 0) is 5.41 Å². The van der Waals surface area contributed by atoms with Crippen LogP contribution in [0.4, 0.5) is 5.69 Å². The number of nitrogens with zero attached hydrogens (tertiary/aromatic N) is 1. The minimum Gasteiger partial charge on any atom is -0.438 e. The molecule has 0 aliphatic heterocycles. The van der Waals surface area contributed by atoms with Crippen LogP contribution in [-0.4, -0.2) is 4.98 Å². The fourth-order valence-corrected chi connectivity index (χ4v) is 1.56. The highest BCUT2D eigenvalue weighted by Crippen LogP contribution is 2.30. The lowest BCUT2D eigenvalue weighted by atomic mass is 9.97. The lowest BCUT2D eigenvalue weighted by molar-refractivity contribution is 0.411. The lowest BCUT2D eigenvalue weighted by Crippen LogP contribution is -2.10. The monoisotopic (exact) mass is 224 g/mol. The maximum atomic E-state index is 5.89. The second-order valence-electron chi connectivity index (χ2n) is 4.61.